The van der Waals surface area contributed by atoms with Gasteiger partial charge in [0.25, 0.3) is 0 Å². The van der Waals surface area contributed by atoms with Crippen molar-refractivity contribution in [3.8, 4) is 0 Å². The van der Waals surface area contributed by atoms with Gasteiger partial charge in [0.1, 0.15) is 0 Å². The predicted octanol–water partition coefficient (Wildman–Crippen LogP) is 4.13. The van der Waals surface area contributed by atoms with Crippen LogP contribution in [0, 0.1) is 5.41 Å². The molecule has 0 spiro atoms. The molecule has 2 heteroatoms. The molecule has 2 N–H and O–H groups in total. The second kappa shape index (κ2) is 5.71. The Kier molecular flexibility index (Phi) is 3.95. The first-order valence-electron chi connectivity index (χ1n) is 7.22. The molecule has 1 nitrogen and oxygen atoms in total. The summed E-state index contributed by atoms with van der Waals surface area (Å²) in [5, 5.41) is 0. The summed E-state index contributed by atoms with van der Waals surface area (Å²) < 4.78 is 1.14. The Bertz CT molecular complexity index is 591. The second-order valence-electron chi connectivity index (χ2n) is 5.95. The van der Waals surface area contributed by atoms with Gasteiger partial charge < -0.3 is 5.73 Å². The number of benzene rings is 2. The van der Waals surface area contributed by atoms with E-state index in [1.54, 1.807) is 0 Å². The first-order valence-corrected chi connectivity index (χ1v) is 8.01. The predicted molar refractivity (Wildman–Crippen MR) is 87.8 cm³/mol. The maximum atomic E-state index is 6.16. The van der Waals surface area contributed by atoms with E-state index in [9.17, 15) is 0 Å². The summed E-state index contributed by atoms with van der Waals surface area (Å²) in [6, 6.07) is 17.5. The molecule has 104 valence electrons. The molecule has 3 rings (SSSR count). The topological polar surface area (TPSA) is 26.0 Å². The number of aryl methyl sites for hydroxylation is 1. The Morgan fingerprint density at radius 2 is 1.70 bits per heavy atom. The summed E-state index contributed by atoms with van der Waals surface area (Å²) in [5.41, 5.74) is 10.8. The number of fused-ring (bicyclic) bond motifs is 1. The molecule has 2 aromatic rings. The molecule has 0 heterocycles. The highest BCUT2D eigenvalue weighted by atomic mass is 79.9. The van der Waals surface area contributed by atoms with E-state index >= 15 is 0 Å². The van der Waals surface area contributed by atoms with Crippen molar-refractivity contribution in [2.45, 2.75) is 25.7 Å². The van der Waals surface area contributed by atoms with Gasteiger partial charge in [-0.15, -0.1) is 0 Å². The van der Waals surface area contributed by atoms with E-state index in [4.69, 9.17) is 5.73 Å². The number of rotatable bonds is 3. The van der Waals surface area contributed by atoms with E-state index in [1.165, 1.54) is 23.1 Å². The maximum absolute atomic E-state index is 6.16. The average Bonchev–Trinajstić information content (AvgIpc) is 2.49. The molecule has 20 heavy (non-hydrogen) atoms. The van der Waals surface area contributed by atoms with Crippen LogP contribution >= 0.6 is 15.9 Å². The van der Waals surface area contributed by atoms with Crippen molar-refractivity contribution in [1.29, 1.82) is 0 Å². The molecule has 0 aromatic heterocycles. The Labute approximate surface area is 129 Å². The van der Waals surface area contributed by atoms with Crippen LogP contribution in [0.5, 0.6) is 0 Å². The molecule has 0 radical (unpaired) electrons. The van der Waals surface area contributed by atoms with Gasteiger partial charge in [0.05, 0.1) is 0 Å². The third-order valence-corrected chi connectivity index (χ3v) is 5.06. The molecule has 1 aliphatic rings. The fraction of sp³-hybridized carbons (Fsp3) is 0.333. The molecule has 0 fully saturated rings. The molecule has 0 bridgehead atoms. The lowest BCUT2D eigenvalue weighted by Gasteiger charge is -2.37. The Morgan fingerprint density at radius 1 is 1.00 bits per heavy atom. The van der Waals surface area contributed by atoms with Gasteiger partial charge in [-0.3, -0.25) is 0 Å². The van der Waals surface area contributed by atoms with Crippen LogP contribution in [-0.4, -0.2) is 6.54 Å². The highest BCUT2D eigenvalue weighted by Crippen LogP contribution is 2.37. The summed E-state index contributed by atoms with van der Waals surface area (Å²) in [4.78, 5) is 0. The van der Waals surface area contributed by atoms with Crippen LogP contribution in [0.25, 0.3) is 0 Å². The van der Waals surface area contributed by atoms with Crippen molar-refractivity contribution < 1.29 is 0 Å². The Balaban J connectivity index is 1.84. The monoisotopic (exact) mass is 329 g/mol. The lowest BCUT2D eigenvalue weighted by atomic mass is 9.68. The standard InChI is InChI=1S/C18H20BrN/c19-17-7-5-14(6-8-17)11-18(13-20)10-9-15-3-1-2-4-16(15)12-18/h1-8H,9-13,20H2. The van der Waals surface area contributed by atoms with Crippen molar-refractivity contribution in [1.82, 2.24) is 0 Å². The van der Waals surface area contributed by atoms with Gasteiger partial charge in [-0.05, 0) is 66.5 Å². The first-order chi connectivity index (χ1) is 9.71. The minimum atomic E-state index is 0.224. The third kappa shape index (κ3) is 2.82. The average molecular weight is 330 g/mol. The van der Waals surface area contributed by atoms with Crippen LogP contribution in [0.3, 0.4) is 0 Å². The van der Waals surface area contributed by atoms with Crippen molar-refractivity contribution in [3.63, 3.8) is 0 Å². The molecule has 0 saturated heterocycles. The van der Waals surface area contributed by atoms with Gasteiger partial charge in [-0.25, -0.2) is 0 Å². The molecular formula is C18H20BrN. The number of nitrogens with two attached hydrogens (primary N) is 1. The van der Waals surface area contributed by atoms with Crippen LogP contribution in [-0.2, 0) is 19.3 Å². The van der Waals surface area contributed by atoms with Crippen LogP contribution < -0.4 is 5.73 Å². The Hall–Kier alpha value is -1.12. The summed E-state index contributed by atoms with van der Waals surface area (Å²) in [6.07, 6.45) is 4.53. The summed E-state index contributed by atoms with van der Waals surface area (Å²) in [6.45, 7) is 0.761. The minimum Gasteiger partial charge on any atom is -0.330 e. The molecule has 0 amide bonds. The van der Waals surface area contributed by atoms with E-state index in [2.05, 4.69) is 64.5 Å². The van der Waals surface area contributed by atoms with Gasteiger partial charge in [0.15, 0.2) is 0 Å². The number of hydrogen-bond donors (Lipinski definition) is 1. The van der Waals surface area contributed by atoms with Gasteiger partial charge in [-0.2, -0.15) is 0 Å². The van der Waals surface area contributed by atoms with Crippen molar-refractivity contribution in [2.75, 3.05) is 6.54 Å². The van der Waals surface area contributed by atoms with Crippen LogP contribution in [0.1, 0.15) is 23.1 Å². The van der Waals surface area contributed by atoms with Crippen LogP contribution in [0.2, 0.25) is 0 Å². The number of hydrogen-bond acceptors (Lipinski definition) is 1. The zero-order chi connectivity index (χ0) is 14.0. The van der Waals surface area contributed by atoms with Crippen molar-refractivity contribution >= 4 is 15.9 Å². The van der Waals surface area contributed by atoms with Gasteiger partial charge in [0.2, 0.25) is 0 Å². The molecule has 2 aromatic carbocycles. The third-order valence-electron chi connectivity index (χ3n) is 4.53. The minimum absolute atomic E-state index is 0.224. The molecule has 1 unspecified atom stereocenters. The van der Waals surface area contributed by atoms with E-state index in [1.807, 2.05) is 0 Å². The maximum Gasteiger partial charge on any atom is 0.0175 e. The van der Waals surface area contributed by atoms with Gasteiger partial charge in [0, 0.05) is 4.47 Å². The molecular weight excluding hydrogens is 310 g/mol. The fourth-order valence-corrected chi connectivity index (χ4v) is 3.56. The van der Waals surface area contributed by atoms with E-state index in [0.29, 0.717) is 0 Å². The smallest absolute Gasteiger partial charge is 0.0175 e. The molecule has 1 atom stereocenters. The Morgan fingerprint density at radius 3 is 2.40 bits per heavy atom. The van der Waals surface area contributed by atoms with E-state index in [-0.39, 0.29) is 5.41 Å². The largest absolute Gasteiger partial charge is 0.330 e. The SMILES string of the molecule is NCC1(Cc2ccc(Br)cc2)CCc2ccccc2C1. The van der Waals surface area contributed by atoms with E-state index in [0.717, 1.165) is 30.3 Å². The van der Waals surface area contributed by atoms with E-state index < -0.39 is 0 Å². The zero-order valence-electron chi connectivity index (χ0n) is 11.6. The quantitative estimate of drug-likeness (QED) is 0.900. The highest BCUT2D eigenvalue weighted by molar-refractivity contribution is 9.10. The molecule has 0 aliphatic heterocycles. The second-order valence-corrected chi connectivity index (χ2v) is 6.87. The fourth-order valence-electron chi connectivity index (χ4n) is 3.30. The van der Waals surface area contributed by atoms with Crippen molar-refractivity contribution in [2.24, 2.45) is 11.1 Å². The van der Waals surface area contributed by atoms with Gasteiger partial charge in [-0.1, -0.05) is 52.3 Å². The zero-order valence-corrected chi connectivity index (χ0v) is 13.2. The summed E-state index contributed by atoms with van der Waals surface area (Å²) in [5.74, 6) is 0. The molecule has 0 saturated carbocycles. The lowest BCUT2D eigenvalue weighted by molar-refractivity contribution is 0.254. The van der Waals surface area contributed by atoms with Crippen LogP contribution in [0.4, 0.5) is 0 Å². The normalized spacial score (nSPS) is 21.5. The summed E-state index contributed by atoms with van der Waals surface area (Å²) in [7, 11) is 0. The highest BCUT2D eigenvalue weighted by Gasteiger charge is 2.33. The lowest BCUT2D eigenvalue weighted by Crippen LogP contribution is -2.38. The van der Waals surface area contributed by atoms with Gasteiger partial charge >= 0.3 is 0 Å². The number of halogens is 1. The summed E-state index contributed by atoms with van der Waals surface area (Å²) >= 11 is 3.50. The van der Waals surface area contributed by atoms with Crippen LogP contribution in [0.15, 0.2) is 53.0 Å². The van der Waals surface area contributed by atoms with Crippen molar-refractivity contribution in [3.05, 3.63) is 69.7 Å². The molecule has 1 aliphatic carbocycles. The first kappa shape index (κ1) is 13.8.